The third-order valence-corrected chi connectivity index (χ3v) is 5.47. The van der Waals surface area contributed by atoms with Crippen LogP contribution in [0.15, 0.2) is 24.3 Å². The number of ether oxygens (including phenoxy) is 2. The fraction of sp³-hybridized carbons (Fsp3) is 0.476. The molecule has 1 fully saturated rings. The summed E-state index contributed by atoms with van der Waals surface area (Å²) in [5.41, 5.74) is 0.862. The Hall–Kier alpha value is -2.41. The minimum atomic E-state index is -0.228. The number of rotatable bonds is 11. The lowest BCUT2D eigenvalue weighted by Crippen LogP contribution is -2.07. The van der Waals surface area contributed by atoms with Crippen LogP contribution in [-0.4, -0.2) is 29.8 Å². The van der Waals surface area contributed by atoms with Gasteiger partial charge in [-0.3, -0.25) is 10.1 Å². The number of hydrogen-bond donors (Lipinski definition) is 1. The standard InChI is InChI=1S/C21H27N3O3S/c1-3-4-5-6-13-27-17-11-7-15(14-18(17)26-2)8-12-19(25)22-21-24-23-20(28-21)16-9-10-16/h7-8,11-12,14,16H,3-6,9-10,13H2,1-2H3,(H,22,24,25)/b12-8+. The van der Waals surface area contributed by atoms with E-state index in [-0.39, 0.29) is 5.91 Å². The lowest BCUT2D eigenvalue weighted by atomic mass is 10.2. The van der Waals surface area contributed by atoms with E-state index in [1.807, 2.05) is 18.2 Å². The molecule has 1 amide bonds. The van der Waals surface area contributed by atoms with E-state index in [0.29, 0.717) is 23.4 Å². The van der Waals surface area contributed by atoms with Crippen molar-refractivity contribution < 1.29 is 14.3 Å². The Morgan fingerprint density at radius 3 is 2.86 bits per heavy atom. The van der Waals surface area contributed by atoms with Gasteiger partial charge in [-0.25, -0.2) is 0 Å². The minimum absolute atomic E-state index is 0.228. The summed E-state index contributed by atoms with van der Waals surface area (Å²) in [5, 5.41) is 12.5. The van der Waals surface area contributed by atoms with E-state index in [9.17, 15) is 4.79 Å². The van der Waals surface area contributed by atoms with Gasteiger partial charge < -0.3 is 9.47 Å². The molecule has 1 heterocycles. The van der Waals surface area contributed by atoms with E-state index in [2.05, 4.69) is 22.4 Å². The first-order valence-electron chi connectivity index (χ1n) is 9.83. The number of amides is 1. The highest BCUT2D eigenvalue weighted by Gasteiger charge is 2.27. The summed E-state index contributed by atoms with van der Waals surface area (Å²) in [6, 6.07) is 5.65. The average molecular weight is 402 g/mol. The Morgan fingerprint density at radius 2 is 2.11 bits per heavy atom. The monoisotopic (exact) mass is 401 g/mol. The van der Waals surface area contributed by atoms with Crippen LogP contribution in [0.25, 0.3) is 6.08 Å². The van der Waals surface area contributed by atoms with Crippen LogP contribution >= 0.6 is 11.3 Å². The van der Waals surface area contributed by atoms with Gasteiger partial charge in [0.1, 0.15) is 5.01 Å². The van der Waals surface area contributed by atoms with Crippen LogP contribution in [0.1, 0.15) is 61.9 Å². The van der Waals surface area contributed by atoms with Crippen LogP contribution in [0.3, 0.4) is 0 Å². The molecule has 2 aromatic rings. The molecule has 1 saturated carbocycles. The lowest BCUT2D eigenvalue weighted by Gasteiger charge is -2.11. The van der Waals surface area contributed by atoms with Gasteiger partial charge in [-0.05, 0) is 43.0 Å². The summed E-state index contributed by atoms with van der Waals surface area (Å²) < 4.78 is 11.2. The molecular formula is C21H27N3O3S. The number of carbonyl (C=O) groups excluding carboxylic acids is 1. The fourth-order valence-corrected chi connectivity index (χ4v) is 3.63. The van der Waals surface area contributed by atoms with Crippen molar-refractivity contribution in [3.63, 3.8) is 0 Å². The molecule has 28 heavy (non-hydrogen) atoms. The molecule has 0 saturated heterocycles. The van der Waals surface area contributed by atoms with Gasteiger partial charge in [-0.2, -0.15) is 0 Å². The first kappa shape index (κ1) is 20.3. The highest BCUT2D eigenvalue weighted by molar-refractivity contribution is 7.15. The van der Waals surface area contributed by atoms with Crippen LogP contribution in [0, 0.1) is 0 Å². The fourth-order valence-electron chi connectivity index (χ4n) is 2.72. The Morgan fingerprint density at radius 1 is 1.25 bits per heavy atom. The molecule has 0 atom stereocenters. The summed E-state index contributed by atoms with van der Waals surface area (Å²) in [7, 11) is 1.62. The Balaban J connectivity index is 1.52. The number of carbonyl (C=O) groups is 1. The smallest absolute Gasteiger partial charge is 0.250 e. The molecule has 1 N–H and O–H groups in total. The quantitative estimate of drug-likeness (QED) is 0.422. The van der Waals surface area contributed by atoms with Crippen LogP contribution in [0.5, 0.6) is 11.5 Å². The van der Waals surface area contributed by atoms with Crippen molar-refractivity contribution in [2.75, 3.05) is 19.0 Å². The predicted octanol–water partition coefficient (Wildman–Crippen LogP) is 5.04. The molecule has 1 aliphatic rings. The number of anilines is 1. The maximum atomic E-state index is 12.1. The second-order valence-electron chi connectivity index (χ2n) is 6.86. The topological polar surface area (TPSA) is 73.3 Å². The highest BCUT2D eigenvalue weighted by atomic mass is 32.1. The Bertz CT molecular complexity index is 815. The first-order chi connectivity index (χ1) is 13.7. The van der Waals surface area contributed by atoms with Crippen LogP contribution < -0.4 is 14.8 Å². The SMILES string of the molecule is CCCCCCOc1ccc(/C=C/C(=O)Nc2nnc(C3CC3)s2)cc1OC. The van der Waals surface area contributed by atoms with Crippen molar-refractivity contribution in [3.8, 4) is 11.5 Å². The Kier molecular flexibility index (Phi) is 7.42. The third-order valence-electron chi connectivity index (χ3n) is 4.47. The van der Waals surface area contributed by atoms with E-state index < -0.39 is 0 Å². The largest absolute Gasteiger partial charge is 0.493 e. The van der Waals surface area contributed by atoms with E-state index >= 15 is 0 Å². The molecule has 0 unspecified atom stereocenters. The Labute approximate surface area is 170 Å². The number of benzene rings is 1. The van der Waals surface area contributed by atoms with Crippen molar-refractivity contribution in [3.05, 3.63) is 34.8 Å². The summed E-state index contributed by atoms with van der Waals surface area (Å²) in [4.78, 5) is 12.1. The van der Waals surface area contributed by atoms with Crippen molar-refractivity contribution in [1.29, 1.82) is 0 Å². The van der Waals surface area contributed by atoms with Gasteiger partial charge in [0.25, 0.3) is 0 Å². The molecule has 150 valence electrons. The van der Waals surface area contributed by atoms with Gasteiger partial charge in [0.05, 0.1) is 13.7 Å². The van der Waals surface area contributed by atoms with Gasteiger partial charge in [-0.1, -0.05) is 43.6 Å². The van der Waals surface area contributed by atoms with E-state index in [4.69, 9.17) is 9.47 Å². The zero-order chi connectivity index (χ0) is 19.8. The van der Waals surface area contributed by atoms with Crippen LogP contribution in [-0.2, 0) is 4.79 Å². The van der Waals surface area contributed by atoms with Crippen molar-refractivity contribution in [1.82, 2.24) is 10.2 Å². The minimum Gasteiger partial charge on any atom is -0.493 e. The normalized spacial score (nSPS) is 13.6. The number of hydrogen-bond acceptors (Lipinski definition) is 6. The molecule has 1 aliphatic carbocycles. The second-order valence-corrected chi connectivity index (χ2v) is 7.87. The van der Waals surface area contributed by atoms with Gasteiger partial charge in [0.15, 0.2) is 11.5 Å². The van der Waals surface area contributed by atoms with Crippen molar-refractivity contribution in [2.24, 2.45) is 0 Å². The van der Waals surface area contributed by atoms with Crippen LogP contribution in [0.4, 0.5) is 5.13 Å². The van der Waals surface area contributed by atoms with E-state index in [1.54, 1.807) is 13.2 Å². The molecule has 3 rings (SSSR count). The number of nitrogens with one attached hydrogen (secondary N) is 1. The number of unbranched alkanes of at least 4 members (excludes halogenated alkanes) is 3. The highest BCUT2D eigenvalue weighted by Crippen LogP contribution is 2.42. The maximum absolute atomic E-state index is 12.1. The van der Waals surface area contributed by atoms with Crippen LogP contribution in [0.2, 0.25) is 0 Å². The van der Waals surface area contributed by atoms with E-state index in [0.717, 1.165) is 22.7 Å². The summed E-state index contributed by atoms with van der Waals surface area (Å²) in [6.45, 7) is 2.87. The number of nitrogens with zero attached hydrogens (tertiary/aromatic N) is 2. The molecule has 0 radical (unpaired) electrons. The molecule has 1 aromatic heterocycles. The van der Waals surface area contributed by atoms with Gasteiger partial charge in [-0.15, -0.1) is 10.2 Å². The molecule has 6 nitrogen and oxygen atoms in total. The van der Waals surface area contributed by atoms with Gasteiger partial charge in [0.2, 0.25) is 11.0 Å². The van der Waals surface area contributed by atoms with Gasteiger partial charge >= 0.3 is 0 Å². The zero-order valence-corrected chi connectivity index (χ0v) is 17.3. The molecule has 0 aliphatic heterocycles. The second kappa shape index (κ2) is 10.2. The number of aromatic nitrogens is 2. The third kappa shape index (κ3) is 6.05. The molecule has 1 aromatic carbocycles. The molecule has 0 bridgehead atoms. The van der Waals surface area contributed by atoms with Crippen molar-refractivity contribution in [2.45, 2.75) is 51.4 Å². The molecule has 7 heteroatoms. The molecule has 0 spiro atoms. The maximum Gasteiger partial charge on any atom is 0.250 e. The summed E-state index contributed by atoms with van der Waals surface area (Å²) in [5.74, 6) is 1.70. The van der Waals surface area contributed by atoms with Gasteiger partial charge in [0, 0.05) is 12.0 Å². The summed E-state index contributed by atoms with van der Waals surface area (Å²) >= 11 is 1.45. The van der Waals surface area contributed by atoms with Crippen molar-refractivity contribution >= 4 is 28.5 Å². The predicted molar refractivity (Wildman–Crippen MR) is 112 cm³/mol. The first-order valence-corrected chi connectivity index (χ1v) is 10.6. The summed E-state index contributed by atoms with van der Waals surface area (Å²) in [6.07, 6.45) is 10.2. The zero-order valence-electron chi connectivity index (χ0n) is 16.4. The average Bonchev–Trinajstić information content (AvgIpc) is 3.46. The number of methoxy groups -OCH3 is 1. The molecular weight excluding hydrogens is 374 g/mol. The van der Waals surface area contributed by atoms with E-state index in [1.165, 1.54) is 49.5 Å². The lowest BCUT2D eigenvalue weighted by molar-refractivity contribution is -0.111.